The number of anilines is 1. The number of aliphatic hydroxyl groups excluding tert-OH is 1. The number of primary amides is 2. The van der Waals surface area contributed by atoms with Crippen molar-refractivity contribution in [2.75, 3.05) is 51.4 Å². The highest BCUT2D eigenvalue weighted by Crippen LogP contribution is 2.18. The molecule has 0 bridgehead atoms. The summed E-state index contributed by atoms with van der Waals surface area (Å²) in [5.74, 6) is 2.65. The molecular formula is C40H64N10O12. The normalized spacial score (nSPS) is 12.9. The van der Waals surface area contributed by atoms with Gasteiger partial charge in [-0.2, -0.15) is 5.10 Å². The Labute approximate surface area is 361 Å². The van der Waals surface area contributed by atoms with Crippen LogP contribution in [0.1, 0.15) is 84.3 Å². The highest BCUT2D eigenvalue weighted by atomic mass is 16.5. The van der Waals surface area contributed by atoms with Gasteiger partial charge in [-0.1, -0.05) is 47.1 Å². The van der Waals surface area contributed by atoms with E-state index in [4.69, 9.17) is 31.5 Å². The SMILES string of the molecule is CC.CCC.CCC(=O)CC(COC(N)=O)N=C/C(COCc1cc(NC(=O)C(CCCNC(N)=O)NC(=O)CNC(=O)CCOCCN2C(=O)C=CC2=O)ccc1CO)=N\N. The smallest absolute Gasteiger partial charge is 0.404 e. The van der Waals surface area contributed by atoms with Crippen molar-refractivity contribution in [2.24, 2.45) is 27.4 Å². The van der Waals surface area contributed by atoms with Gasteiger partial charge >= 0.3 is 12.1 Å². The van der Waals surface area contributed by atoms with Gasteiger partial charge in [-0.15, -0.1) is 0 Å². The Morgan fingerprint density at radius 1 is 0.935 bits per heavy atom. The van der Waals surface area contributed by atoms with Crippen molar-refractivity contribution in [1.29, 1.82) is 0 Å². The molecule has 22 heteroatoms. The third kappa shape index (κ3) is 24.7. The summed E-state index contributed by atoms with van der Waals surface area (Å²) in [5.41, 5.74) is 11.6. The monoisotopic (exact) mass is 876 g/mol. The van der Waals surface area contributed by atoms with Crippen LogP contribution in [0.25, 0.3) is 0 Å². The zero-order valence-corrected chi connectivity index (χ0v) is 36.2. The zero-order chi connectivity index (χ0) is 46.9. The van der Waals surface area contributed by atoms with Crippen LogP contribution in [0.15, 0.2) is 40.4 Å². The van der Waals surface area contributed by atoms with Crippen LogP contribution in [-0.4, -0.2) is 128 Å². The van der Waals surface area contributed by atoms with Gasteiger partial charge in [-0.25, -0.2) is 9.59 Å². The molecule has 1 aromatic carbocycles. The highest BCUT2D eigenvalue weighted by Gasteiger charge is 2.23. The number of rotatable bonds is 27. The predicted octanol–water partition coefficient (Wildman–Crippen LogP) is 0.676. The summed E-state index contributed by atoms with van der Waals surface area (Å²) < 4.78 is 15.8. The molecule has 2 atom stereocenters. The van der Waals surface area contributed by atoms with Gasteiger partial charge in [-0.05, 0) is 36.1 Å². The Hall–Kier alpha value is -6.26. The van der Waals surface area contributed by atoms with Crippen LogP contribution < -0.4 is 38.6 Å². The summed E-state index contributed by atoms with van der Waals surface area (Å²) in [6.45, 7) is 8.79. The largest absolute Gasteiger partial charge is 0.447 e. The molecule has 2 rings (SSSR count). The molecule has 62 heavy (non-hydrogen) atoms. The number of carbonyl (C=O) groups is 8. The van der Waals surface area contributed by atoms with E-state index in [1.165, 1.54) is 18.7 Å². The van der Waals surface area contributed by atoms with E-state index >= 15 is 0 Å². The second-order valence-electron chi connectivity index (χ2n) is 13.0. The van der Waals surface area contributed by atoms with Crippen molar-refractivity contribution >= 4 is 65.1 Å². The van der Waals surface area contributed by atoms with E-state index in [1.54, 1.807) is 19.1 Å². The van der Waals surface area contributed by atoms with Crippen molar-refractivity contribution in [3.63, 3.8) is 0 Å². The minimum Gasteiger partial charge on any atom is -0.447 e. The van der Waals surface area contributed by atoms with Gasteiger partial charge in [0.2, 0.25) is 17.7 Å². The number of aliphatic imine (C=N–C) groups is 1. The average Bonchev–Trinajstić information content (AvgIpc) is 3.57. The van der Waals surface area contributed by atoms with Gasteiger partial charge < -0.3 is 57.9 Å². The van der Waals surface area contributed by atoms with Gasteiger partial charge in [0.05, 0.1) is 52.2 Å². The van der Waals surface area contributed by atoms with Crippen molar-refractivity contribution in [3.8, 4) is 0 Å². The van der Waals surface area contributed by atoms with E-state index in [2.05, 4.69) is 45.2 Å². The molecule has 8 amide bonds. The van der Waals surface area contributed by atoms with Crippen LogP contribution in [0.5, 0.6) is 0 Å². The summed E-state index contributed by atoms with van der Waals surface area (Å²) in [7, 11) is 0. The Kier molecular flexibility index (Phi) is 30.1. The van der Waals surface area contributed by atoms with Gasteiger partial charge in [0.25, 0.3) is 11.8 Å². The lowest BCUT2D eigenvalue weighted by molar-refractivity contribution is -0.138. The fourth-order valence-corrected chi connectivity index (χ4v) is 4.90. The predicted molar refractivity (Wildman–Crippen MR) is 230 cm³/mol. The minimum absolute atomic E-state index is 0.00529. The molecule has 0 aliphatic carbocycles. The molecule has 0 saturated carbocycles. The number of hydrogen-bond acceptors (Lipinski definition) is 15. The molecule has 1 heterocycles. The summed E-state index contributed by atoms with van der Waals surface area (Å²) >= 11 is 0. The quantitative estimate of drug-likeness (QED) is 0.0198. The molecule has 1 aromatic rings. The van der Waals surface area contributed by atoms with Gasteiger partial charge in [0, 0.05) is 49.9 Å². The number of hydrogen-bond donors (Lipinski definition) is 8. The molecule has 2 unspecified atom stereocenters. The lowest BCUT2D eigenvalue weighted by atomic mass is 10.1. The molecule has 0 aromatic heterocycles. The first kappa shape index (κ1) is 55.7. The number of hydrazone groups is 1. The second kappa shape index (κ2) is 33.5. The van der Waals surface area contributed by atoms with E-state index in [0.29, 0.717) is 16.8 Å². The van der Waals surface area contributed by atoms with Crippen LogP contribution in [0, 0.1) is 0 Å². The number of nitrogens with two attached hydrogens (primary N) is 3. The summed E-state index contributed by atoms with van der Waals surface area (Å²) in [4.78, 5) is 101. The van der Waals surface area contributed by atoms with Gasteiger partial charge in [0.1, 0.15) is 24.1 Å². The maximum Gasteiger partial charge on any atom is 0.404 e. The van der Waals surface area contributed by atoms with E-state index < -0.39 is 60.3 Å². The highest BCUT2D eigenvalue weighted by molar-refractivity contribution is 6.31. The molecule has 1 aliphatic heterocycles. The van der Waals surface area contributed by atoms with Crippen molar-refractivity contribution < 1.29 is 57.7 Å². The molecule has 1 aliphatic rings. The Balaban J connectivity index is 0.00000711. The molecule has 0 radical (unpaired) electrons. The summed E-state index contributed by atoms with van der Waals surface area (Å²) in [5, 5.41) is 23.6. The molecule has 0 saturated heterocycles. The minimum atomic E-state index is -1.11. The van der Waals surface area contributed by atoms with Crippen LogP contribution in [0.3, 0.4) is 0 Å². The third-order valence-corrected chi connectivity index (χ3v) is 7.93. The first-order valence-electron chi connectivity index (χ1n) is 20.2. The number of amides is 8. The van der Waals surface area contributed by atoms with E-state index in [1.807, 2.05) is 13.8 Å². The summed E-state index contributed by atoms with van der Waals surface area (Å²) in [6.07, 6.45) is 4.28. The molecule has 0 fully saturated rings. The topological polar surface area (TPSA) is 339 Å². The Morgan fingerprint density at radius 3 is 2.21 bits per heavy atom. The molecule has 11 N–H and O–H groups in total. The Bertz CT molecular complexity index is 1690. The van der Waals surface area contributed by atoms with Crippen LogP contribution in [0.2, 0.25) is 0 Å². The van der Waals surface area contributed by atoms with E-state index in [0.717, 1.165) is 17.1 Å². The van der Waals surface area contributed by atoms with Gasteiger partial charge in [0.15, 0.2) is 0 Å². The standard InChI is InChI=1S/C35H50N10O12.C3H8.C2H6/c1-2-27(47)15-25(21-57-35(37)54)40-16-26(44-38)20-56-19-23-14-24(6-5-22(23)18-46)42-33(52)28(4-3-10-39-34(36)53)43-30(49)17-41-29(48)9-12-55-13-11-45-31(50)7-8-32(45)51;1-3-2;1-2/h5-8,14,16,25,28,46H,2-4,9-13,15,17-21,38H2,1H3,(H2,37,54)(H,41,48)(H,42,52)(H,43,49)(H3,36,39,53);3H2,1-2H3;1-2H3/b40-16?,44-26+;;. The summed E-state index contributed by atoms with van der Waals surface area (Å²) in [6, 6.07) is 2.05. The van der Waals surface area contributed by atoms with Crippen molar-refractivity contribution in [3.05, 3.63) is 41.5 Å². The first-order valence-corrected chi connectivity index (χ1v) is 20.2. The van der Waals surface area contributed by atoms with Gasteiger partial charge in [-0.3, -0.25) is 38.7 Å². The molecule has 22 nitrogen and oxygen atoms in total. The van der Waals surface area contributed by atoms with Crippen LogP contribution >= 0.6 is 0 Å². The Morgan fingerprint density at radius 2 is 1.61 bits per heavy atom. The van der Waals surface area contributed by atoms with E-state index in [9.17, 15) is 43.5 Å². The van der Waals surface area contributed by atoms with Crippen LogP contribution in [0.4, 0.5) is 15.3 Å². The number of aliphatic hydroxyl groups is 1. The maximum absolute atomic E-state index is 13.4. The molecule has 346 valence electrons. The lowest BCUT2D eigenvalue weighted by Crippen LogP contribution is -2.47. The number of imide groups is 1. The number of nitrogens with zero attached hydrogens (tertiary/aromatic N) is 3. The number of benzene rings is 1. The fourth-order valence-electron chi connectivity index (χ4n) is 4.90. The maximum atomic E-state index is 13.4. The number of nitrogens with one attached hydrogen (secondary N) is 4. The number of urea groups is 1. The van der Waals surface area contributed by atoms with Crippen molar-refractivity contribution in [2.45, 2.75) is 98.4 Å². The fraction of sp³-hybridized carbons (Fsp3) is 0.550. The van der Waals surface area contributed by atoms with Crippen LogP contribution in [-0.2, 0) is 56.2 Å². The zero-order valence-electron chi connectivity index (χ0n) is 36.2. The number of ketones is 1. The first-order chi connectivity index (χ1) is 29.7. The number of Topliss-reactive ketones (excluding diaryl/α,β-unsaturated/α-hetero) is 1. The van der Waals surface area contributed by atoms with Crippen molar-refractivity contribution in [1.82, 2.24) is 20.9 Å². The molecular weight excluding hydrogens is 812 g/mol. The van der Waals surface area contributed by atoms with E-state index in [-0.39, 0.29) is 96.3 Å². The second-order valence-corrected chi connectivity index (χ2v) is 13.0. The number of carbonyl (C=O) groups excluding carboxylic acids is 8. The third-order valence-electron chi connectivity index (χ3n) is 7.93. The lowest BCUT2D eigenvalue weighted by Gasteiger charge is -2.19. The molecule has 0 spiro atoms. The number of ether oxygens (including phenoxy) is 3. The average molecular weight is 877 g/mol.